The van der Waals surface area contributed by atoms with Crippen LogP contribution in [0, 0.1) is 5.82 Å². The van der Waals surface area contributed by atoms with E-state index >= 15 is 0 Å². The maximum atomic E-state index is 14.2. The number of benzene rings is 2. The van der Waals surface area contributed by atoms with Crippen molar-refractivity contribution in [1.82, 2.24) is 10.1 Å². The van der Waals surface area contributed by atoms with Crippen LogP contribution in [0.3, 0.4) is 0 Å². The van der Waals surface area contributed by atoms with Gasteiger partial charge in [0.05, 0.1) is 12.2 Å². The largest absolute Gasteiger partial charge is 0.508 e. The van der Waals surface area contributed by atoms with Crippen molar-refractivity contribution in [1.29, 1.82) is 0 Å². The second-order valence-corrected chi connectivity index (χ2v) is 7.04. The molecular weight excluding hydrogens is 395 g/mol. The Bertz CT molecular complexity index is 1180. The van der Waals surface area contributed by atoms with Gasteiger partial charge in [0, 0.05) is 18.2 Å². The molecule has 0 saturated carbocycles. The Kier molecular flexibility index (Phi) is 6.82. The molecule has 1 N–H and O–H groups in total. The van der Waals surface area contributed by atoms with Gasteiger partial charge in [-0.2, -0.15) is 4.98 Å². The molecule has 3 aromatic rings. The van der Waals surface area contributed by atoms with Gasteiger partial charge < -0.3 is 14.4 Å². The van der Waals surface area contributed by atoms with Gasteiger partial charge in [-0.1, -0.05) is 36.0 Å². The van der Waals surface area contributed by atoms with Gasteiger partial charge >= 0.3 is 0 Å². The number of halogens is 1. The third-order valence-electron chi connectivity index (χ3n) is 5.05. The second kappa shape index (κ2) is 9.53. The molecule has 0 fully saturated rings. The number of aliphatic hydroxyl groups is 1. The SMILES string of the molecule is C=C(O)c1ccc(-c2noc(-c3ccc(C(=C/C)/C(C)=C\C)c(COC)c3)n2)cc1F. The molecule has 0 amide bonds. The lowest BCUT2D eigenvalue weighted by Gasteiger charge is -2.14. The smallest absolute Gasteiger partial charge is 0.258 e. The van der Waals surface area contributed by atoms with E-state index in [-0.39, 0.29) is 17.1 Å². The van der Waals surface area contributed by atoms with Crippen molar-refractivity contribution in [2.75, 3.05) is 7.11 Å². The van der Waals surface area contributed by atoms with E-state index < -0.39 is 5.82 Å². The van der Waals surface area contributed by atoms with Crippen molar-refractivity contribution < 1.29 is 18.8 Å². The van der Waals surface area contributed by atoms with Gasteiger partial charge in [0.2, 0.25) is 5.82 Å². The van der Waals surface area contributed by atoms with Gasteiger partial charge in [0.25, 0.3) is 5.89 Å². The number of nitrogens with zero attached hydrogens (tertiary/aromatic N) is 2. The molecule has 0 atom stereocenters. The Morgan fingerprint density at radius 2 is 1.84 bits per heavy atom. The van der Waals surface area contributed by atoms with E-state index in [9.17, 15) is 9.50 Å². The molecule has 1 heterocycles. The monoisotopic (exact) mass is 420 g/mol. The van der Waals surface area contributed by atoms with Crippen molar-refractivity contribution in [3.63, 3.8) is 0 Å². The molecule has 1 aromatic heterocycles. The Balaban J connectivity index is 1.99. The summed E-state index contributed by atoms with van der Waals surface area (Å²) in [6.45, 7) is 9.86. The van der Waals surface area contributed by atoms with Crippen molar-refractivity contribution in [2.45, 2.75) is 27.4 Å². The average molecular weight is 420 g/mol. The predicted molar refractivity (Wildman–Crippen MR) is 121 cm³/mol. The summed E-state index contributed by atoms with van der Waals surface area (Å²) < 4.78 is 25.0. The molecule has 5 nitrogen and oxygen atoms in total. The summed E-state index contributed by atoms with van der Waals surface area (Å²) in [5.41, 5.74) is 5.58. The molecule has 31 heavy (non-hydrogen) atoms. The minimum atomic E-state index is -0.610. The fourth-order valence-electron chi connectivity index (χ4n) is 3.36. The van der Waals surface area contributed by atoms with E-state index in [0.29, 0.717) is 18.1 Å². The third-order valence-corrected chi connectivity index (χ3v) is 5.05. The zero-order valence-corrected chi connectivity index (χ0v) is 18.1. The quantitative estimate of drug-likeness (QED) is 0.345. The van der Waals surface area contributed by atoms with Crippen LogP contribution in [-0.4, -0.2) is 22.4 Å². The Morgan fingerprint density at radius 3 is 2.45 bits per heavy atom. The Hall–Kier alpha value is -3.51. The van der Waals surface area contributed by atoms with Gasteiger partial charge in [-0.05, 0) is 67.3 Å². The van der Waals surface area contributed by atoms with Crippen LogP contribution < -0.4 is 0 Å². The minimum absolute atomic E-state index is 0.0310. The number of aliphatic hydroxyl groups excluding tert-OH is 1. The topological polar surface area (TPSA) is 68.4 Å². The fraction of sp³-hybridized carbons (Fsp3) is 0.200. The lowest BCUT2D eigenvalue weighted by molar-refractivity contribution is 0.184. The number of aromatic nitrogens is 2. The zero-order valence-electron chi connectivity index (χ0n) is 18.1. The van der Waals surface area contributed by atoms with E-state index in [1.165, 1.54) is 17.7 Å². The highest BCUT2D eigenvalue weighted by molar-refractivity contribution is 5.81. The summed E-state index contributed by atoms with van der Waals surface area (Å²) in [7, 11) is 1.65. The average Bonchev–Trinajstić information content (AvgIpc) is 3.25. The first-order chi connectivity index (χ1) is 14.9. The zero-order chi connectivity index (χ0) is 22.5. The first-order valence-electron chi connectivity index (χ1n) is 9.83. The van der Waals surface area contributed by atoms with Crippen LogP contribution in [-0.2, 0) is 11.3 Å². The van der Waals surface area contributed by atoms with Gasteiger partial charge in [0.15, 0.2) is 0 Å². The van der Waals surface area contributed by atoms with E-state index in [4.69, 9.17) is 9.26 Å². The molecule has 3 rings (SSSR count). The van der Waals surface area contributed by atoms with Crippen LogP contribution in [0.5, 0.6) is 0 Å². The van der Waals surface area contributed by atoms with E-state index in [1.54, 1.807) is 13.2 Å². The van der Waals surface area contributed by atoms with Crippen molar-refractivity contribution in [2.24, 2.45) is 0 Å². The number of hydrogen-bond acceptors (Lipinski definition) is 5. The normalized spacial score (nSPS) is 12.3. The van der Waals surface area contributed by atoms with Crippen LogP contribution in [0.2, 0.25) is 0 Å². The number of ether oxygens (including phenoxy) is 1. The molecule has 0 radical (unpaired) electrons. The van der Waals surface area contributed by atoms with Crippen molar-refractivity contribution in [3.8, 4) is 22.8 Å². The van der Waals surface area contributed by atoms with E-state index in [2.05, 4.69) is 35.8 Å². The predicted octanol–water partition coefficient (Wildman–Crippen LogP) is 6.59. The summed E-state index contributed by atoms with van der Waals surface area (Å²) in [5.74, 6) is -0.376. The van der Waals surface area contributed by atoms with Gasteiger partial charge in [0.1, 0.15) is 11.6 Å². The van der Waals surface area contributed by atoms with E-state index in [1.807, 2.05) is 32.0 Å². The molecule has 0 unspecified atom stereocenters. The first-order valence-corrected chi connectivity index (χ1v) is 9.83. The van der Waals surface area contributed by atoms with Crippen LogP contribution in [0.15, 0.2) is 65.2 Å². The van der Waals surface area contributed by atoms with Crippen LogP contribution >= 0.6 is 0 Å². The summed E-state index contributed by atoms with van der Waals surface area (Å²) in [6.07, 6.45) is 4.15. The van der Waals surface area contributed by atoms with Gasteiger partial charge in [-0.15, -0.1) is 0 Å². The molecule has 0 aliphatic carbocycles. The summed E-state index contributed by atoms with van der Waals surface area (Å²) in [4.78, 5) is 4.42. The van der Waals surface area contributed by atoms with Gasteiger partial charge in [-0.3, -0.25) is 0 Å². The summed E-state index contributed by atoms with van der Waals surface area (Å²) in [6, 6.07) is 10.2. The lowest BCUT2D eigenvalue weighted by atomic mass is 9.93. The van der Waals surface area contributed by atoms with Crippen LogP contribution in [0.1, 0.15) is 37.5 Å². The lowest BCUT2D eigenvalue weighted by Crippen LogP contribution is -1.98. The Morgan fingerprint density at radius 1 is 1.13 bits per heavy atom. The van der Waals surface area contributed by atoms with Crippen molar-refractivity contribution in [3.05, 3.63) is 83.2 Å². The number of hydrogen-bond donors (Lipinski definition) is 1. The fourth-order valence-corrected chi connectivity index (χ4v) is 3.36. The maximum Gasteiger partial charge on any atom is 0.258 e. The van der Waals surface area contributed by atoms with E-state index in [0.717, 1.165) is 22.3 Å². The molecular formula is C25H25FN2O3. The van der Waals surface area contributed by atoms with Crippen LogP contribution in [0.25, 0.3) is 34.2 Å². The third kappa shape index (κ3) is 4.64. The molecule has 0 aliphatic heterocycles. The minimum Gasteiger partial charge on any atom is -0.508 e. The highest BCUT2D eigenvalue weighted by Crippen LogP contribution is 2.31. The molecule has 0 saturated heterocycles. The molecule has 0 aliphatic rings. The number of methoxy groups -OCH3 is 1. The molecule has 0 spiro atoms. The first kappa shape index (κ1) is 22.2. The standard InChI is InChI=1S/C25H25FN2O3/c1-6-15(3)20(7-2)22-11-9-18(12-19(22)14-30-5)25-27-24(28-31-25)17-8-10-21(16(4)29)23(26)13-17/h6-13,29H,4,14H2,1-3,5H3/b15-6-,20-7+. The molecule has 2 aromatic carbocycles. The highest BCUT2D eigenvalue weighted by Gasteiger charge is 2.16. The number of rotatable bonds is 7. The summed E-state index contributed by atoms with van der Waals surface area (Å²) in [5, 5.41) is 13.4. The van der Waals surface area contributed by atoms with Gasteiger partial charge in [-0.25, -0.2) is 4.39 Å². The molecule has 6 heteroatoms. The summed E-state index contributed by atoms with van der Waals surface area (Å²) >= 11 is 0. The van der Waals surface area contributed by atoms with Crippen LogP contribution in [0.4, 0.5) is 4.39 Å². The van der Waals surface area contributed by atoms with Crippen molar-refractivity contribution >= 4 is 11.3 Å². The highest BCUT2D eigenvalue weighted by atomic mass is 19.1. The second-order valence-electron chi connectivity index (χ2n) is 7.04. The maximum absolute atomic E-state index is 14.2. The molecule has 160 valence electrons. The number of allylic oxidation sites excluding steroid dienone is 4. The molecule has 0 bridgehead atoms. The Labute approximate surface area is 181 Å².